The summed E-state index contributed by atoms with van der Waals surface area (Å²) < 4.78 is 39.4. The van der Waals surface area contributed by atoms with Gasteiger partial charge in [0.2, 0.25) is 0 Å². The molecular formula is C30H39ClN5O6P. The van der Waals surface area contributed by atoms with Gasteiger partial charge in [-0.25, -0.2) is 14.5 Å². The van der Waals surface area contributed by atoms with Crippen LogP contribution in [0.3, 0.4) is 0 Å². The zero-order chi connectivity index (χ0) is 31.4. The maximum atomic E-state index is 14.2. The number of anilines is 1. The number of ether oxygens (including phenoxy) is 2. The molecule has 11 nitrogen and oxygen atoms in total. The van der Waals surface area contributed by atoms with Crippen molar-refractivity contribution in [1.82, 2.24) is 19.6 Å². The summed E-state index contributed by atoms with van der Waals surface area (Å²) in [7, 11) is -4.15. The first-order valence-electron chi connectivity index (χ1n) is 14.2. The summed E-state index contributed by atoms with van der Waals surface area (Å²) in [5, 5.41) is 4.10. The number of nitrogens with zero attached hydrogens (tertiary/aromatic N) is 3. The monoisotopic (exact) mass is 631 g/mol. The van der Waals surface area contributed by atoms with Crippen molar-refractivity contribution in [2.45, 2.75) is 72.3 Å². The Morgan fingerprint density at radius 2 is 1.81 bits per heavy atom. The van der Waals surface area contributed by atoms with Crippen molar-refractivity contribution in [2.24, 2.45) is 0 Å². The van der Waals surface area contributed by atoms with Gasteiger partial charge in [-0.1, -0.05) is 36.7 Å². The molecule has 0 saturated carbocycles. The number of pyridine rings is 1. The van der Waals surface area contributed by atoms with E-state index in [4.69, 9.17) is 40.8 Å². The average molecular weight is 632 g/mol. The molecule has 0 unspecified atom stereocenters. The van der Waals surface area contributed by atoms with Gasteiger partial charge in [-0.15, -0.1) is 0 Å². The van der Waals surface area contributed by atoms with Gasteiger partial charge in [0.15, 0.2) is 5.82 Å². The molecule has 0 fully saturated rings. The Labute approximate surface area is 256 Å². The van der Waals surface area contributed by atoms with Gasteiger partial charge in [0.1, 0.15) is 35.3 Å². The van der Waals surface area contributed by atoms with E-state index in [0.717, 1.165) is 16.4 Å². The molecule has 0 aliphatic rings. The first kappa shape index (κ1) is 32.7. The minimum absolute atomic E-state index is 0.0590. The predicted molar refractivity (Wildman–Crippen MR) is 168 cm³/mol. The SMILES string of the molecule is CCOCc1nc2c(N)nc3ccccc3c2n1[C@@H](CC)CO[P@@](=O)(N[C@@H](C)C(=O)OC(C)(C)C)Oc1ccc(Cl)cc1. The van der Waals surface area contributed by atoms with Crippen LogP contribution < -0.4 is 15.3 Å². The zero-order valence-electron chi connectivity index (χ0n) is 25.3. The molecule has 3 atom stereocenters. The number of rotatable bonds is 13. The number of fused-ring (bicyclic) bond motifs is 3. The van der Waals surface area contributed by atoms with E-state index < -0.39 is 25.4 Å². The van der Waals surface area contributed by atoms with Gasteiger partial charge >= 0.3 is 13.7 Å². The third-order valence-corrected chi connectivity index (χ3v) is 8.38. The molecule has 2 aromatic heterocycles. The molecule has 0 radical (unpaired) electrons. The summed E-state index contributed by atoms with van der Waals surface area (Å²) in [6, 6.07) is 12.6. The van der Waals surface area contributed by atoms with Crippen LogP contribution in [0.1, 0.15) is 59.8 Å². The number of para-hydroxylation sites is 1. The molecule has 4 aromatic rings. The fourth-order valence-corrected chi connectivity index (χ4v) is 6.17. The number of hydrogen-bond donors (Lipinski definition) is 2. The number of nitrogens with two attached hydrogens (primary N) is 1. The third-order valence-electron chi connectivity index (χ3n) is 6.49. The second-order valence-corrected chi connectivity index (χ2v) is 13.2. The highest BCUT2D eigenvalue weighted by atomic mass is 35.5. The van der Waals surface area contributed by atoms with E-state index >= 15 is 0 Å². The maximum absolute atomic E-state index is 14.2. The minimum atomic E-state index is -4.15. The van der Waals surface area contributed by atoms with E-state index in [1.807, 2.05) is 42.7 Å². The van der Waals surface area contributed by atoms with Gasteiger partial charge in [0.25, 0.3) is 0 Å². The lowest BCUT2D eigenvalue weighted by Crippen LogP contribution is -2.39. The number of carbonyl (C=O) groups is 1. The summed E-state index contributed by atoms with van der Waals surface area (Å²) in [6.07, 6.45) is 0.573. The molecule has 43 heavy (non-hydrogen) atoms. The number of nitrogen functional groups attached to an aromatic ring is 1. The van der Waals surface area contributed by atoms with Crippen LogP contribution in [0.4, 0.5) is 5.82 Å². The smallest absolute Gasteiger partial charge is 0.459 e. The second kappa shape index (κ2) is 13.6. The van der Waals surface area contributed by atoms with Crippen molar-refractivity contribution < 1.29 is 27.9 Å². The predicted octanol–water partition coefficient (Wildman–Crippen LogP) is 6.83. The van der Waals surface area contributed by atoms with Crippen LogP contribution in [0.25, 0.3) is 21.9 Å². The third kappa shape index (κ3) is 8.04. The summed E-state index contributed by atoms with van der Waals surface area (Å²) in [6.45, 7) is 11.3. The normalized spacial score (nSPS) is 14.9. The molecule has 2 heterocycles. The number of benzene rings is 2. The number of esters is 1. The van der Waals surface area contributed by atoms with Crippen molar-refractivity contribution in [1.29, 1.82) is 0 Å². The largest absolute Gasteiger partial charge is 0.459 e. The quantitative estimate of drug-likeness (QED) is 0.119. The summed E-state index contributed by atoms with van der Waals surface area (Å²) >= 11 is 6.04. The fourth-order valence-electron chi connectivity index (χ4n) is 4.52. The highest BCUT2D eigenvalue weighted by Gasteiger charge is 2.35. The highest BCUT2D eigenvalue weighted by molar-refractivity contribution is 7.52. The maximum Gasteiger partial charge on any atom is 0.459 e. The Kier molecular flexibility index (Phi) is 10.4. The molecule has 13 heteroatoms. The first-order chi connectivity index (χ1) is 20.3. The van der Waals surface area contributed by atoms with Crippen LogP contribution in [-0.4, -0.2) is 45.4 Å². The molecule has 0 amide bonds. The van der Waals surface area contributed by atoms with Crippen LogP contribution in [-0.2, 0) is 30.0 Å². The van der Waals surface area contributed by atoms with Crippen molar-refractivity contribution >= 4 is 53.1 Å². The summed E-state index contributed by atoms with van der Waals surface area (Å²) in [5.41, 5.74) is 7.66. The lowest BCUT2D eigenvalue weighted by atomic mass is 10.1. The van der Waals surface area contributed by atoms with E-state index in [-0.39, 0.29) is 25.0 Å². The Hall–Kier alpha value is -3.21. The van der Waals surface area contributed by atoms with Gasteiger partial charge in [-0.2, -0.15) is 5.09 Å². The van der Waals surface area contributed by atoms with Crippen molar-refractivity contribution in [2.75, 3.05) is 18.9 Å². The fraction of sp³-hybridized carbons (Fsp3) is 0.433. The minimum Gasteiger partial charge on any atom is -0.459 e. The molecule has 0 spiro atoms. The molecule has 0 saturated heterocycles. The highest BCUT2D eigenvalue weighted by Crippen LogP contribution is 2.46. The van der Waals surface area contributed by atoms with Crippen LogP contribution >= 0.6 is 19.3 Å². The first-order valence-corrected chi connectivity index (χ1v) is 16.1. The lowest BCUT2D eigenvalue weighted by Gasteiger charge is -2.27. The van der Waals surface area contributed by atoms with Crippen LogP contribution in [0.15, 0.2) is 48.5 Å². The Morgan fingerprint density at radius 1 is 1.12 bits per heavy atom. The number of halogens is 1. The van der Waals surface area contributed by atoms with E-state index in [1.165, 1.54) is 6.92 Å². The molecule has 0 aliphatic heterocycles. The van der Waals surface area contributed by atoms with E-state index in [1.54, 1.807) is 45.0 Å². The Balaban J connectivity index is 1.72. The van der Waals surface area contributed by atoms with E-state index in [9.17, 15) is 9.36 Å². The lowest BCUT2D eigenvalue weighted by molar-refractivity contribution is -0.156. The topological polar surface area (TPSA) is 140 Å². The molecule has 3 N–H and O–H groups in total. The summed E-state index contributed by atoms with van der Waals surface area (Å²) in [4.78, 5) is 22.1. The number of carbonyl (C=O) groups excluding carboxylic acids is 1. The van der Waals surface area contributed by atoms with Gasteiger partial charge in [-0.3, -0.25) is 9.32 Å². The number of hydrogen-bond acceptors (Lipinski definition) is 9. The zero-order valence-corrected chi connectivity index (χ0v) is 26.9. The standard InChI is InChI=1S/C30H39ClN5O6P/c1-7-21(36-25(18-39-8-2)34-26-27(36)23-11-9-10-12-24(23)33-28(26)32)17-40-43(38,42-22-15-13-20(31)14-16-22)35-19(3)29(37)41-30(4,5)6/h9-16,19,21H,7-8,17-18H2,1-6H3,(H2,32,33)(H,35,38)/t19-,21-,43-/m0/s1. The molecule has 2 aromatic carbocycles. The average Bonchev–Trinajstić information content (AvgIpc) is 3.33. The molecular weight excluding hydrogens is 593 g/mol. The van der Waals surface area contributed by atoms with Crippen molar-refractivity contribution in [3.8, 4) is 5.75 Å². The molecule has 232 valence electrons. The van der Waals surface area contributed by atoms with Crippen molar-refractivity contribution in [3.05, 3.63) is 59.4 Å². The van der Waals surface area contributed by atoms with Gasteiger partial charge in [-0.05, 0) is 71.4 Å². The van der Waals surface area contributed by atoms with Gasteiger partial charge < -0.3 is 24.3 Å². The van der Waals surface area contributed by atoms with E-state index in [0.29, 0.717) is 35.2 Å². The van der Waals surface area contributed by atoms with Crippen molar-refractivity contribution in [3.63, 3.8) is 0 Å². The van der Waals surface area contributed by atoms with Gasteiger partial charge in [0, 0.05) is 17.0 Å². The number of aromatic nitrogens is 3. The second-order valence-electron chi connectivity index (χ2n) is 11.0. The number of imidazole rings is 1. The van der Waals surface area contributed by atoms with Crippen LogP contribution in [0.5, 0.6) is 5.75 Å². The van der Waals surface area contributed by atoms with Crippen LogP contribution in [0.2, 0.25) is 5.02 Å². The molecule has 4 rings (SSSR count). The molecule has 0 bridgehead atoms. The Morgan fingerprint density at radius 3 is 2.47 bits per heavy atom. The molecule has 0 aliphatic carbocycles. The van der Waals surface area contributed by atoms with Gasteiger partial charge in [0.05, 0.1) is 23.7 Å². The summed E-state index contributed by atoms with van der Waals surface area (Å²) in [5.74, 6) is 0.572. The van der Waals surface area contributed by atoms with E-state index in [2.05, 4.69) is 10.1 Å². The number of nitrogens with one attached hydrogen (secondary N) is 1. The van der Waals surface area contributed by atoms with Crippen LogP contribution in [0, 0.1) is 0 Å². The Bertz CT molecular complexity index is 1620.